The first kappa shape index (κ1) is 14.4. The minimum absolute atomic E-state index is 0.515. The molecule has 1 heterocycles. The van der Waals surface area contributed by atoms with Gasteiger partial charge in [0.1, 0.15) is 17.3 Å². The Morgan fingerprint density at radius 2 is 2.11 bits per heavy atom. The van der Waals surface area contributed by atoms with Crippen molar-refractivity contribution in [2.24, 2.45) is 5.92 Å². The summed E-state index contributed by atoms with van der Waals surface area (Å²) in [6, 6.07) is 5.69. The summed E-state index contributed by atoms with van der Waals surface area (Å²) in [6.07, 6.45) is 0. The van der Waals surface area contributed by atoms with Crippen LogP contribution >= 0.6 is 27.5 Å². The molecule has 0 amide bonds. The number of imidazole rings is 1. The molecule has 0 unspecified atom stereocenters. The Bertz CT molecular complexity index is 605. The first-order chi connectivity index (χ1) is 8.90. The third kappa shape index (κ3) is 2.95. The minimum Gasteiger partial charge on any atom is -0.383 e. The van der Waals surface area contributed by atoms with Crippen molar-refractivity contribution < 1.29 is 0 Å². The van der Waals surface area contributed by atoms with E-state index in [0.717, 1.165) is 28.1 Å². The molecular formula is C14H17BrClN3. The van der Waals surface area contributed by atoms with Crippen LogP contribution in [0.5, 0.6) is 0 Å². The number of aryl methyl sites for hydroxylation is 1. The maximum absolute atomic E-state index is 6.24. The molecule has 0 aliphatic carbocycles. The standard InChI is InChI=1S/C14H17BrClN3/c1-8(2)7-19-9(3)18-13(14(19)17)11-6-10(15)4-5-12(11)16/h4-6,8H,7,17H2,1-3H3. The summed E-state index contributed by atoms with van der Waals surface area (Å²) in [5, 5.41) is 0.657. The Morgan fingerprint density at radius 3 is 2.74 bits per heavy atom. The van der Waals surface area contributed by atoms with Crippen molar-refractivity contribution in [3.8, 4) is 11.3 Å². The van der Waals surface area contributed by atoms with Crippen molar-refractivity contribution >= 4 is 33.3 Å². The zero-order chi connectivity index (χ0) is 14.2. The lowest BCUT2D eigenvalue weighted by Crippen LogP contribution is -2.09. The molecule has 0 saturated heterocycles. The van der Waals surface area contributed by atoms with Gasteiger partial charge in [-0.1, -0.05) is 41.4 Å². The highest BCUT2D eigenvalue weighted by Gasteiger charge is 2.16. The summed E-state index contributed by atoms with van der Waals surface area (Å²) in [4.78, 5) is 4.57. The predicted octanol–water partition coefficient (Wildman–Crippen LogP) is 4.51. The van der Waals surface area contributed by atoms with Gasteiger partial charge in [-0.2, -0.15) is 0 Å². The number of benzene rings is 1. The van der Waals surface area contributed by atoms with Crippen molar-refractivity contribution in [1.82, 2.24) is 9.55 Å². The Balaban J connectivity index is 2.54. The molecule has 0 saturated carbocycles. The molecule has 2 rings (SSSR count). The quantitative estimate of drug-likeness (QED) is 0.891. The summed E-state index contributed by atoms with van der Waals surface area (Å²) >= 11 is 9.69. The Hall–Kier alpha value is -1.00. The fourth-order valence-corrected chi connectivity index (χ4v) is 2.62. The van der Waals surface area contributed by atoms with Gasteiger partial charge in [-0.3, -0.25) is 0 Å². The average Bonchev–Trinajstić information content (AvgIpc) is 2.60. The molecule has 3 nitrogen and oxygen atoms in total. The molecule has 0 aliphatic heterocycles. The minimum atomic E-state index is 0.515. The number of halogens is 2. The van der Waals surface area contributed by atoms with E-state index in [4.69, 9.17) is 17.3 Å². The lowest BCUT2D eigenvalue weighted by Gasteiger charge is -2.10. The molecule has 2 N–H and O–H groups in total. The third-order valence-corrected chi connectivity index (χ3v) is 3.75. The summed E-state index contributed by atoms with van der Waals surface area (Å²) in [7, 11) is 0. The molecule has 102 valence electrons. The van der Waals surface area contributed by atoms with Crippen LogP contribution in [0.1, 0.15) is 19.7 Å². The molecule has 1 aromatic heterocycles. The number of nitrogens with zero attached hydrogens (tertiary/aromatic N) is 2. The van der Waals surface area contributed by atoms with E-state index in [9.17, 15) is 0 Å². The Kier molecular flexibility index (Phi) is 4.21. The monoisotopic (exact) mass is 341 g/mol. The van der Waals surface area contributed by atoms with Gasteiger partial charge < -0.3 is 10.3 Å². The largest absolute Gasteiger partial charge is 0.383 e. The maximum atomic E-state index is 6.24. The number of nitrogens with two attached hydrogens (primary N) is 1. The Labute approximate surface area is 126 Å². The van der Waals surface area contributed by atoms with E-state index in [0.29, 0.717) is 16.8 Å². The van der Waals surface area contributed by atoms with E-state index in [2.05, 4.69) is 34.8 Å². The second-order valence-electron chi connectivity index (χ2n) is 5.02. The van der Waals surface area contributed by atoms with Gasteiger partial charge in [-0.15, -0.1) is 0 Å². The number of rotatable bonds is 3. The normalized spacial score (nSPS) is 11.3. The van der Waals surface area contributed by atoms with E-state index in [1.165, 1.54) is 0 Å². The first-order valence-electron chi connectivity index (χ1n) is 6.18. The van der Waals surface area contributed by atoms with Gasteiger partial charge in [0.15, 0.2) is 0 Å². The summed E-state index contributed by atoms with van der Waals surface area (Å²) in [6.45, 7) is 7.14. The van der Waals surface area contributed by atoms with Crippen LogP contribution in [0.2, 0.25) is 5.02 Å². The van der Waals surface area contributed by atoms with E-state index < -0.39 is 0 Å². The van der Waals surface area contributed by atoms with Crippen LogP contribution in [0.3, 0.4) is 0 Å². The molecule has 0 aliphatic rings. The molecule has 0 atom stereocenters. The summed E-state index contributed by atoms with van der Waals surface area (Å²) < 4.78 is 3.00. The van der Waals surface area contributed by atoms with Gasteiger partial charge in [-0.05, 0) is 31.0 Å². The number of aromatic nitrogens is 2. The Morgan fingerprint density at radius 1 is 1.42 bits per heavy atom. The van der Waals surface area contributed by atoms with E-state index in [1.807, 2.05) is 29.7 Å². The lowest BCUT2D eigenvalue weighted by atomic mass is 10.1. The maximum Gasteiger partial charge on any atom is 0.131 e. The van der Waals surface area contributed by atoms with Crippen LogP contribution in [0, 0.1) is 12.8 Å². The average molecular weight is 343 g/mol. The second kappa shape index (κ2) is 5.55. The fraction of sp³-hybridized carbons (Fsp3) is 0.357. The molecule has 0 bridgehead atoms. The highest BCUT2D eigenvalue weighted by atomic mass is 79.9. The van der Waals surface area contributed by atoms with Crippen molar-refractivity contribution in [3.63, 3.8) is 0 Å². The molecule has 0 radical (unpaired) electrons. The van der Waals surface area contributed by atoms with Crippen molar-refractivity contribution in [1.29, 1.82) is 0 Å². The fourth-order valence-electron chi connectivity index (χ4n) is 2.05. The van der Waals surface area contributed by atoms with Crippen LogP contribution in [-0.2, 0) is 6.54 Å². The van der Waals surface area contributed by atoms with Gasteiger partial charge in [0.25, 0.3) is 0 Å². The van der Waals surface area contributed by atoms with Crippen molar-refractivity contribution in [3.05, 3.63) is 33.5 Å². The molecule has 0 fully saturated rings. The zero-order valence-electron chi connectivity index (χ0n) is 11.2. The third-order valence-electron chi connectivity index (χ3n) is 2.93. The van der Waals surface area contributed by atoms with Gasteiger partial charge in [-0.25, -0.2) is 4.98 Å². The zero-order valence-corrected chi connectivity index (χ0v) is 13.6. The van der Waals surface area contributed by atoms with Crippen LogP contribution in [0.15, 0.2) is 22.7 Å². The SMILES string of the molecule is Cc1nc(-c2cc(Br)ccc2Cl)c(N)n1CC(C)C. The number of nitrogen functional groups attached to an aromatic ring is 1. The van der Waals surface area contributed by atoms with Gasteiger partial charge in [0, 0.05) is 16.6 Å². The highest BCUT2D eigenvalue weighted by Crippen LogP contribution is 2.34. The van der Waals surface area contributed by atoms with Gasteiger partial charge in [0.2, 0.25) is 0 Å². The molecule has 2 aromatic rings. The molecule has 1 aromatic carbocycles. The van der Waals surface area contributed by atoms with Crippen LogP contribution in [0.4, 0.5) is 5.82 Å². The molecule has 0 spiro atoms. The second-order valence-corrected chi connectivity index (χ2v) is 6.34. The molecule has 5 heteroatoms. The van der Waals surface area contributed by atoms with Crippen LogP contribution in [-0.4, -0.2) is 9.55 Å². The molecule has 19 heavy (non-hydrogen) atoms. The topological polar surface area (TPSA) is 43.8 Å². The lowest BCUT2D eigenvalue weighted by molar-refractivity contribution is 0.518. The van der Waals surface area contributed by atoms with Crippen LogP contribution in [0.25, 0.3) is 11.3 Å². The number of hydrogen-bond acceptors (Lipinski definition) is 2. The van der Waals surface area contributed by atoms with E-state index in [1.54, 1.807) is 0 Å². The highest BCUT2D eigenvalue weighted by molar-refractivity contribution is 9.10. The van der Waals surface area contributed by atoms with Gasteiger partial charge in [0.05, 0.1) is 5.02 Å². The van der Waals surface area contributed by atoms with Gasteiger partial charge >= 0.3 is 0 Å². The smallest absolute Gasteiger partial charge is 0.131 e. The number of anilines is 1. The summed E-state index contributed by atoms with van der Waals surface area (Å²) in [5.74, 6) is 2.10. The first-order valence-corrected chi connectivity index (χ1v) is 7.35. The number of hydrogen-bond donors (Lipinski definition) is 1. The van der Waals surface area contributed by atoms with E-state index >= 15 is 0 Å². The summed E-state index contributed by atoms with van der Waals surface area (Å²) in [5.41, 5.74) is 7.84. The van der Waals surface area contributed by atoms with Crippen molar-refractivity contribution in [2.45, 2.75) is 27.3 Å². The predicted molar refractivity (Wildman–Crippen MR) is 84.4 cm³/mol. The van der Waals surface area contributed by atoms with E-state index in [-0.39, 0.29) is 0 Å². The van der Waals surface area contributed by atoms with Crippen molar-refractivity contribution in [2.75, 3.05) is 5.73 Å². The van der Waals surface area contributed by atoms with Crippen LogP contribution < -0.4 is 5.73 Å². The molecular weight excluding hydrogens is 326 g/mol.